The first-order valence-electron chi connectivity index (χ1n) is 13.9. The van der Waals surface area contributed by atoms with Crippen molar-refractivity contribution in [3.05, 3.63) is 104 Å². The topological polar surface area (TPSA) is 96.9 Å². The molecule has 0 aliphatic heterocycles. The lowest BCUT2D eigenvalue weighted by atomic mass is 10.0. The van der Waals surface area contributed by atoms with E-state index in [2.05, 4.69) is 39.5 Å². The molecule has 0 atom stereocenters. The van der Waals surface area contributed by atoms with Crippen molar-refractivity contribution in [3.63, 3.8) is 0 Å². The summed E-state index contributed by atoms with van der Waals surface area (Å²) in [5.41, 5.74) is 0.648. The van der Waals surface area contributed by atoms with Gasteiger partial charge in [-0.15, -0.1) is 6.42 Å². The van der Waals surface area contributed by atoms with Crippen LogP contribution in [0.5, 0.6) is 0 Å². The van der Waals surface area contributed by atoms with Crippen molar-refractivity contribution in [2.45, 2.75) is 66.6 Å². The second-order valence-corrected chi connectivity index (χ2v) is 10.2. The van der Waals surface area contributed by atoms with Gasteiger partial charge >= 0.3 is 11.4 Å². The molecule has 1 heterocycles. The molecular weight excluding hydrogens is 571 g/mol. The summed E-state index contributed by atoms with van der Waals surface area (Å²) in [5.74, 6) is -1.71. The van der Waals surface area contributed by atoms with Crippen LogP contribution in [-0.2, 0) is 13.1 Å². The average molecular weight is 610 g/mol. The maximum atomic E-state index is 14.8. The number of rotatable bonds is 14. The van der Waals surface area contributed by atoms with E-state index in [4.69, 9.17) is 6.42 Å². The van der Waals surface area contributed by atoms with Crippen LogP contribution in [0.1, 0.15) is 53.0 Å². The number of allylic oxidation sites excluding steroid dienone is 5. The van der Waals surface area contributed by atoms with E-state index in [1.807, 2.05) is 40.7 Å². The molecule has 2 aromatic rings. The Balaban J connectivity index is 2.84. The largest absolute Gasteiger partial charge is 0.355 e. The van der Waals surface area contributed by atoms with E-state index in [0.717, 1.165) is 15.7 Å². The average Bonchev–Trinajstić information content (AvgIpc) is 2.96. The fourth-order valence-electron chi connectivity index (χ4n) is 3.99. The highest BCUT2D eigenvalue weighted by molar-refractivity contribution is 6.10. The summed E-state index contributed by atoms with van der Waals surface area (Å²) in [6, 6.07) is 1.02. The zero-order chi connectivity index (χ0) is 33.1. The summed E-state index contributed by atoms with van der Waals surface area (Å²) < 4.78 is 44.2. The van der Waals surface area contributed by atoms with Gasteiger partial charge in [0, 0.05) is 42.2 Å². The molecule has 0 spiro atoms. The third kappa shape index (κ3) is 9.29. The molecule has 12 heteroatoms. The molecule has 1 aromatic carbocycles. The van der Waals surface area contributed by atoms with Crippen LogP contribution in [0.4, 0.5) is 19.1 Å². The zero-order valence-electron chi connectivity index (χ0n) is 25.9. The summed E-state index contributed by atoms with van der Waals surface area (Å²) >= 11 is 0. The molecule has 2 rings (SSSR count). The van der Waals surface area contributed by atoms with Gasteiger partial charge in [-0.05, 0) is 52.3 Å². The van der Waals surface area contributed by atoms with Crippen molar-refractivity contribution >= 4 is 17.4 Å². The quantitative estimate of drug-likeness (QED) is 0.102. The Morgan fingerprint density at radius 2 is 1.82 bits per heavy atom. The third-order valence-corrected chi connectivity index (χ3v) is 6.10. The van der Waals surface area contributed by atoms with E-state index in [1.165, 1.54) is 11.2 Å². The van der Waals surface area contributed by atoms with Gasteiger partial charge < -0.3 is 5.32 Å². The molecule has 0 bridgehead atoms. The molecule has 0 unspecified atom stereocenters. The van der Waals surface area contributed by atoms with E-state index < -0.39 is 41.9 Å². The first-order chi connectivity index (χ1) is 20.8. The zero-order valence-corrected chi connectivity index (χ0v) is 25.9. The number of anilines is 1. The summed E-state index contributed by atoms with van der Waals surface area (Å²) in [4.78, 5) is 35.7. The normalized spacial score (nSPS) is 12.2. The molecule has 0 aliphatic carbocycles. The highest BCUT2D eigenvalue weighted by Crippen LogP contribution is 2.19. The second-order valence-electron chi connectivity index (χ2n) is 10.2. The lowest BCUT2D eigenvalue weighted by Gasteiger charge is -2.18. The van der Waals surface area contributed by atoms with Crippen LogP contribution >= 0.6 is 0 Å². The number of hydrogen-bond acceptors (Lipinski definition) is 7. The maximum absolute atomic E-state index is 14.8. The number of nitrogens with one attached hydrogen (secondary N) is 1. The van der Waals surface area contributed by atoms with Gasteiger partial charge in [0.1, 0.15) is 11.5 Å². The molecule has 0 fully saturated rings. The van der Waals surface area contributed by atoms with Gasteiger partial charge in [-0.3, -0.25) is 14.6 Å². The molecule has 0 saturated carbocycles. The van der Waals surface area contributed by atoms with Gasteiger partial charge in [0.05, 0.1) is 18.8 Å². The molecule has 1 aromatic heterocycles. The molecule has 0 radical (unpaired) electrons. The van der Waals surface area contributed by atoms with Gasteiger partial charge in [-0.2, -0.15) is 10.1 Å². The molecule has 0 saturated heterocycles. The van der Waals surface area contributed by atoms with E-state index >= 15 is 0 Å². The minimum absolute atomic E-state index is 0.000767. The van der Waals surface area contributed by atoms with Crippen LogP contribution in [0.2, 0.25) is 0 Å². The van der Waals surface area contributed by atoms with E-state index in [0.29, 0.717) is 41.0 Å². The number of aromatic nitrogens is 3. The molecule has 0 amide bonds. The Morgan fingerprint density at radius 1 is 1.16 bits per heavy atom. The van der Waals surface area contributed by atoms with Crippen LogP contribution in [0, 0.1) is 29.8 Å². The third-order valence-electron chi connectivity index (χ3n) is 6.10. The minimum atomic E-state index is -1.38. The van der Waals surface area contributed by atoms with Crippen molar-refractivity contribution < 1.29 is 13.2 Å². The highest BCUT2D eigenvalue weighted by Gasteiger charge is 2.19. The fraction of sp³-hybridized carbons (Fsp3) is 0.344. The van der Waals surface area contributed by atoms with Gasteiger partial charge in [0.25, 0.3) is 0 Å². The van der Waals surface area contributed by atoms with Crippen LogP contribution in [-0.4, -0.2) is 43.6 Å². The molecular formula is C32H38F3N7O2. The highest BCUT2D eigenvalue weighted by atomic mass is 19.2. The Morgan fingerprint density at radius 3 is 2.36 bits per heavy atom. The minimum Gasteiger partial charge on any atom is -0.329 e. The van der Waals surface area contributed by atoms with Gasteiger partial charge in [0.2, 0.25) is 5.95 Å². The number of aliphatic imine (C=N–C) groups is 1. The molecule has 1 N–H and O–H groups in total. The van der Waals surface area contributed by atoms with Crippen LogP contribution < -0.4 is 16.7 Å². The predicted molar refractivity (Wildman–Crippen MR) is 170 cm³/mol. The summed E-state index contributed by atoms with van der Waals surface area (Å²) in [5, 5.41) is 8.43. The lowest BCUT2D eigenvalue weighted by Crippen LogP contribution is -2.44. The van der Waals surface area contributed by atoms with Gasteiger partial charge in [-0.1, -0.05) is 38.0 Å². The SMILES string of the molecule is C#C/C(Cn1c(=O)nc(N/C(=C/C(=C(C)C)/C(C=C)=N\C(C)C)CCC)n(Cc2cc(F)c(F)cc2F)c1=O)=N\N(C)C=C. The Hall–Kier alpha value is -4.92. The molecule has 234 valence electrons. The lowest BCUT2D eigenvalue weighted by molar-refractivity contribution is 0.484. The van der Waals surface area contributed by atoms with Crippen molar-refractivity contribution in [2.24, 2.45) is 10.1 Å². The number of hydrogen-bond donors (Lipinski definition) is 1. The monoisotopic (exact) mass is 609 g/mol. The van der Waals surface area contributed by atoms with E-state index in [-0.39, 0.29) is 23.3 Å². The Kier molecular flexibility index (Phi) is 12.9. The van der Waals surface area contributed by atoms with E-state index in [9.17, 15) is 22.8 Å². The molecule has 44 heavy (non-hydrogen) atoms. The van der Waals surface area contributed by atoms with Crippen LogP contribution in [0.3, 0.4) is 0 Å². The Labute approximate surface area is 255 Å². The number of nitrogens with zero attached hydrogens (tertiary/aromatic N) is 6. The first kappa shape index (κ1) is 35.3. The summed E-state index contributed by atoms with van der Waals surface area (Å²) in [6.45, 7) is 16.0. The number of halogens is 3. The number of hydrazone groups is 1. The van der Waals surface area contributed by atoms with Crippen molar-refractivity contribution in [3.8, 4) is 12.3 Å². The molecule has 9 nitrogen and oxygen atoms in total. The second kappa shape index (κ2) is 16.1. The van der Waals surface area contributed by atoms with Crippen molar-refractivity contribution in [2.75, 3.05) is 12.4 Å². The van der Waals surface area contributed by atoms with Crippen molar-refractivity contribution in [1.82, 2.24) is 19.1 Å². The van der Waals surface area contributed by atoms with Crippen LogP contribution in [0.15, 0.2) is 80.2 Å². The Bertz CT molecular complexity index is 1680. The summed E-state index contributed by atoms with van der Waals surface area (Å²) in [7, 11) is 1.55. The standard InChI is InChI=1S/C32H38F3N7O2/c1-10-14-24(16-25(20(5)6)29(12-3)36-21(7)8)37-30-38-31(43)42(19-23(11-2)39-40(9)13-4)32(44)41(30)18-22-15-27(34)28(35)17-26(22)33/h2,12-13,15-17,21H,3-4,10,14,18-19H2,1,5-9H3,(H,37,38,43)/b24-16+,36-29-,39-23+. The number of benzene rings is 1. The van der Waals surface area contributed by atoms with Gasteiger partial charge in [-0.25, -0.2) is 27.3 Å². The predicted octanol–water partition coefficient (Wildman–Crippen LogP) is 5.40. The first-order valence-corrected chi connectivity index (χ1v) is 13.9. The van der Waals surface area contributed by atoms with Gasteiger partial charge in [0.15, 0.2) is 11.6 Å². The number of terminal acetylenes is 1. The maximum Gasteiger partial charge on any atom is 0.355 e. The smallest absolute Gasteiger partial charge is 0.329 e. The van der Waals surface area contributed by atoms with E-state index in [1.54, 1.807) is 13.1 Å². The molecule has 0 aliphatic rings. The van der Waals surface area contributed by atoms with Crippen LogP contribution in [0.25, 0.3) is 0 Å². The van der Waals surface area contributed by atoms with Crippen molar-refractivity contribution in [1.29, 1.82) is 0 Å². The summed E-state index contributed by atoms with van der Waals surface area (Å²) in [6.07, 6.45) is 11.5. The fourth-order valence-corrected chi connectivity index (χ4v) is 3.99.